The number of fused-ring (bicyclic) bond motifs is 2. The van der Waals surface area contributed by atoms with Crippen molar-refractivity contribution in [2.75, 3.05) is 0 Å². The number of hydrogen-bond donors (Lipinski definition) is 2. The second-order valence-electron chi connectivity index (χ2n) is 12.2. The van der Waals surface area contributed by atoms with Gasteiger partial charge in [0.05, 0.1) is 6.10 Å². The summed E-state index contributed by atoms with van der Waals surface area (Å²) in [4.78, 5) is 31.6. The first-order chi connectivity index (χ1) is 18.4. The van der Waals surface area contributed by atoms with Crippen LogP contribution < -0.4 is 0 Å². The number of carbonyl (C=O) groups excluding carboxylic acids is 2. The Labute approximate surface area is 244 Å². The van der Waals surface area contributed by atoms with Gasteiger partial charge >= 0.3 is 165 Å². The number of aromatic nitrogens is 1. The predicted octanol–water partition coefficient (Wildman–Crippen LogP) is 4.50. The number of cyclic esters (lactones) is 1. The van der Waals surface area contributed by atoms with Crippen LogP contribution in [0, 0.1) is 17.3 Å². The van der Waals surface area contributed by atoms with Gasteiger partial charge in [-0.2, -0.15) is 0 Å². The fourth-order valence-corrected chi connectivity index (χ4v) is 7.45. The zero-order valence-electron chi connectivity index (χ0n) is 23.8. The number of thiazole rings is 1. The second kappa shape index (κ2) is 12.3. The molecule has 1 aromatic carbocycles. The van der Waals surface area contributed by atoms with E-state index in [4.69, 9.17) is 14.5 Å². The molecule has 2 fully saturated rings. The fourth-order valence-electron chi connectivity index (χ4n) is 5.91. The van der Waals surface area contributed by atoms with E-state index in [0.29, 0.717) is 12.8 Å². The summed E-state index contributed by atoms with van der Waals surface area (Å²) in [6.45, 7) is 9.41. The van der Waals surface area contributed by atoms with Crippen LogP contribution in [0.4, 0.5) is 0 Å². The van der Waals surface area contributed by atoms with E-state index in [2.05, 4.69) is 6.92 Å². The van der Waals surface area contributed by atoms with Crippen LogP contribution in [0.25, 0.3) is 10.2 Å². The maximum atomic E-state index is 13.7. The Morgan fingerprint density at radius 1 is 1.21 bits per heavy atom. The summed E-state index contributed by atoms with van der Waals surface area (Å²) in [5.74, 6) is -1.42. The van der Waals surface area contributed by atoms with Crippen LogP contribution in [-0.4, -0.2) is 67.7 Å². The molecule has 2 aliphatic heterocycles. The van der Waals surface area contributed by atoms with Gasteiger partial charge < -0.3 is 5.11 Å². The minimum absolute atomic E-state index is 0.0562. The number of nitrogens with zero attached hydrogens (tertiary/aromatic N) is 1. The number of esters is 1. The molecule has 0 bridgehead atoms. The van der Waals surface area contributed by atoms with Crippen molar-refractivity contribution in [1.29, 1.82) is 0 Å². The molecule has 0 spiro atoms. The summed E-state index contributed by atoms with van der Waals surface area (Å²) in [6, 6.07) is 6.02. The molecule has 4 rings (SSSR count). The Morgan fingerprint density at radius 3 is 2.64 bits per heavy atom. The molecule has 0 saturated carbocycles. The topological polar surface area (TPSA) is 109 Å². The second-order valence-corrected chi connectivity index (χ2v) is 14.2. The normalized spacial score (nSPS) is 34.5. The standard InChI is InChI=1S/C30H44AsNO6S/c1-6-8-19-27(35)17(2)9-7-12-30(5)24(38-30)14-21(37-26(34)15-23(33)29(3,4)28(19)36)18-10-11-22-20(13-18)32-25(16-31)39-22/h10-11,13,17,19,21,23-24,27,33,35H,6-9,12,14-16,31H2,1-5H3/t17-,19+,21-,23-,24-,27-,30+/m0/s1. The van der Waals surface area contributed by atoms with Crippen LogP contribution in [0.5, 0.6) is 0 Å². The van der Waals surface area contributed by atoms with Crippen LogP contribution in [0.1, 0.15) is 96.2 Å². The van der Waals surface area contributed by atoms with E-state index in [0.717, 1.165) is 51.7 Å². The van der Waals surface area contributed by atoms with Crippen molar-refractivity contribution in [1.82, 2.24) is 4.98 Å². The van der Waals surface area contributed by atoms with E-state index < -0.39 is 35.6 Å². The SMILES string of the molecule is CCC[C@H]1C(=O)C(C)(C)[C@@H](O)CC(=O)O[C@H](c2ccc3sc(C[AsH2])nc3c2)C[C@@H]2O[C@]2(C)CCC[C@H](C)[C@@H]1O. The molecule has 216 valence electrons. The van der Waals surface area contributed by atoms with Gasteiger partial charge in [0.2, 0.25) is 0 Å². The number of ketones is 1. The van der Waals surface area contributed by atoms with Gasteiger partial charge in [0.1, 0.15) is 5.78 Å². The van der Waals surface area contributed by atoms with Crippen LogP contribution in [0.3, 0.4) is 0 Å². The Morgan fingerprint density at radius 2 is 1.95 bits per heavy atom. The van der Waals surface area contributed by atoms with Gasteiger partial charge in [-0.05, 0) is 18.8 Å². The number of rotatable bonds is 4. The molecule has 2 aliphatic rings. The smallest absolute Gasteiger partial charge is 0.392 e. The quantitative estimate of drug-likeness (QED) is 0.294. The Bertz CT molecular complexity index is 1180. The number of aliphatic hydroxyl groups excluding tert-OH is 2. The van der Waals surface area contributed by atoms with E-state index in [1.54, 1.807) is 42.0 Å². The first kappa shape index (κ1) is 30.6. The molecule has 1 aromatic heterocycles. The minimum Gasteiger partial charge on any atom is -0.392 e. The molecule has 2 saturated heterocycles. The summed E-state index contributed by atoms with van der Waals surface area (Å²) < 4.78 is 13.3. The molecule has 3 heterocycles. The predicted molar refractivity (Wildman–Crippen MR) is 155 cm³/mol. The van der Waals surface area contributed by atoms with Gasteiger partial charge in [-0.25, -0.2) is 0 Å². The van der Waals surface area contributed by atoms with Gasteiger partial charge in [0.25, 0.3) is 0 Å². The van der Waals surface area contributed by atoms with E-state index in [-0.39, 0.29) is 29.8 Å². The third-order valence-electron chi connectivity index (χ3n) is 8.83. The van der Waals surface area contributed by atoms with Crippen LogP contribution in [-0.2, 0) is 24.3 Å². The van der Waals surface area contributed by atoms with E-state index in [1.165, 1.54) is 0 Å². The number of carbonyl (C=O) groups is 2. The van der Waals surface area contributed by atoms with Gasteiger partial charge in [-0.15, -0.1) is 0 Å². The number of Topliss-reactive ketones (excluding diaryl/α,β-unsaturated/α-hetero) is 1. The van der Waals surface area contributed by atoms with Crippen molar-refractivity contribution in [3.05, 3.63) is 28.8 Å². The van der Waals surface area contributed by atoms with Crippen LogP contribution >= 0.6 is 11.3 Å². The first-order valence-electron chi connectivity index (χ1n) is 14.3. The van der Waals surface area contributed by atoms with Crippen molar-refractivity contribution in [2.45, 2.75) is 115 Å². The van der Waals surface area contributed by atoms with E-state index in [9.17, 15) is 19.8 Å². The molecule has 2 aromatic rings. The van der Waals surface area contributed by atoms with Crippen molar-refractivity contribution in [2.24, 2.45) is 17.3 Å². The number of ether oxygens (including phenoxy) is 2. The summed E-state index contributed by atoms with van der Waals surface area (Å²) >= 11 is 3.30. The molecular weight excluding hydrogens is 577 g/mol. The van der Waals surface area contributed by atoms with Crippen molar-refractivity contribution in [3.8, 4) is 0 Å². The Hall–Kier alpha value is -1.31. The minimum atomic E-state index is -1.23. The number of aliphatic hydroxyl groups is 2. The first-order valence-corrected chi connectivity index (χ1v) is 16.8. The molecule has 8 atom stereocenters. The summed E-state index contributed by atoms with van der Waals surface area (Å²) in [5, 5.41) is 24.3. The average Bonchev–Trinajstić information content (AvgIpc) is 3.33. The average molecular weight is 622 g/mol. The zero-order valence-corrected chi connectivity index (χ0v) is 27.1. The molecule has 1 unspecified atom stereocenters. The van der Waals surface area contributed by atoms with E-state index >= 15 is 0 Å². The number of epoxide rings is 1. The summed E-state index contributed by atoms with van der Waals surface area (Å²) in [7, 11) is 0. The van der Waals surface area contributed by atoms with Crippen molar-refractivity contribution in [3.63, 3.8) is 0 Å². The van der Waals surface area contributed by atoms with Crippen molar-refractivity contribution < 1.29 is 29.3 Å². The molecule has 39 heavy (non-hydrogen) atoms. The molecule has 2 N–H and O–H groups in total. The Balaban J connectivity index is 1.63. The van der Waals surface area contributed by atoms with Gasteiger partial charge in [0.15, 0.2) is 0 Å². The summed E-state index contributed by atoms with van der Waals surface area (Å²) in [6.07, 6.45) is 1.33. The van der Waals surface area contributed by atoms with Gasteiger partial charge in [0, 0.05) is 5.92 Å². The van der Waals surface area contributed by atoms with Crippen LogP contribution in [0.15, 0.2) is 18.2 Å². The molecule has 0 amide bonds. The van der Waals surface area contributed by atoms with Gasteiger partial charge in [-0.1, -0.05) is 34.1 Å². The number of benzene rings is 1. The Kier molecular flexibility index (Phi) is 9.65. The molecule has 9 heteroatoms. The summed E-state index contributed by atoms with van der Waals surface area (Å²) in [5.41, 5.74) is 0.239. The fraction of sp³-hybridized carbons (Fsp3) is 0.700. The number of hydrogen-bond acceptors (Lipinski definition) is 8. The monoisotopic (exact) mass is 621 g/mol. The third-order valence-corrected chi connectivity index (χ3v) is 11.3. The third kappa shape index (κ3) is 6.78. The van der Waals surface area contributed by atoms with E-state index in [1.807, 2.05) is 32.0 Å². The zero-order chi connectivity index (χ0) is 28.5. The molecular formula is C30H44AsNO6S. The molecule has 0 radical (unpaired) electrons. The van der Waals surface area contributed by atoms with Crippen LogP contribution in [0.2, 0.25) is 0 Å². The maximum absolute atomic E-state index is 13.7. The molecule has 7 nitrogen and oxygen atoms in total. The van der Waals surface area contributed by atoms with Crippen molar-refractivity contribution >= 4 is 50.2 Å². The molecule has 0 aliphatic carbocycles. The van der Waals surface area contributed by atoms with Gasteiger partial charge in [-0.3, -0.25) is 4.79 Å².